The van der Waals surface area contributed by atoms with Gasteiger partial charge in [-0.15, -0.1) is 13.2 Å². The monoisotopic (exact) mass is 866 g/mol. The number of alkyl halides is 3. The molecule has 4 N–H and O–H groups in total. The second-order valence-corrected chi connectivity index (χ2v) is 18.0. The summed E-state index contributed by atoms with van der Waals surface area (Å²) in [5.41, 5.74) is 1.59. The van der Waals surface area contributed by atoms with Crippen molar-refractivity contribution in [2.24, 2.45) is 17.3 Å². The minimum Gasteiger partial charge on any atom is -0.465 e. The van der Waals surface area contributed by atoms with Gasteiger partial charge in [0.05, 0.1) is 11.7 Å². The van der Waals surface area contributed by atoms with Crippen LogP contribution in [0.1, 0.15) is 71.7 Å². The lowest BCUT2D eigenvalue weighted by atomic mass is 9.90. The van der Waals surface area contributed by atoms with Gasteiger partial charge in [-0.2, -0.15) is 0 Å². The number of ether oxygens (including phenoxy) is 2. The third-order valence-electron chi connectivity index (χ3n) is 12.5. The molecule has 0 unspecified atom stereocenters. The number of hydrogen-bond donors (Lipinski definition) is 4. The Hall–Kier alpha value is -5.36. The van der Waals surface area contributed by atoms with E-state index in [-0.39, 0.29) is 40.9 Å². The van der Waals surface area contributed by atoms with Crippen molar-refractivity contribution in [3.63, 3.8) is 0 Å². The molecule has 5 amide bonds. The first kappa shape index (κ1) is 44.7. The molecule has 0 saturated carbocycles. The number of anilines is 1. The number of H-pyrrole nitrogens is 1. The van der Waals surface area contributed by atoms with Crippen LogP contribution in [0, 0.1) is 17.3 Å². The lowest BCUT2D eigenvalue weighted by Gasteiger charge is -2.43. The molecule has 0 bridgehead atoms. The van der Waals surface area contributed by atoms with Crippen molar-refractivity contribution in [2.45, 2.75) is 84.3 Å². The molecule has 3 atom stereocenters. The van der Waals surface area contributed by atoms with E-state index in [1.165, 1.54) is 12.1 Å². The summed E-state index contributed by atoms with van der Waals surface area (Å²) in [6.07, 6.45) is -1.28. The van der Waals surface area contributed by atoms with Crippen molar-refractivity contribution >= 4 is 29.6 Å². The number of aromatic nitrogens is 2. The number of carbonyl (C=O) groups excluding carboxylic acids is 3. The molecule has 7 rings (SSSR count). The predicted octanol–water partition coefficient (Wildman–Crippen LogP) is 6.80. The molecule has 2 aromatic carbocycles. The number of likely N-dealkylation sites (tertiary alicyclic amines) is 2. The summed E-state index contributed by atoms with van der Waals surface area (Å²) in [5, 5.41) is 14.8. The minimum atomic E-state index is -4.99. The second-order valence-electron chi connectivity index (χ2n) is 18.0. The quantitative estimate of drug-likeness (QED) is 0.181. The van der Waals surface area contributed by atoms with Gasteiger partial charge in [-0.25, -0.2) is 14.6 Å². The third-order valence-corrected chi connectivity index (χ3v) is 12.5. The van der Waals surface area contributed by atoms with Gasteiger partial charge in [-0.3, -0.25) is 14.5 Å². The van der Waals surface area contributed by atoms with Gasteiger partial charge in [0.2, 0.25) is 11.8 Å². The highest BCUT2D eigenvalue weighted by molar-refractivity contribution is 5.91. The maximum Gasteiger partial charge on any atom is 0.573 e. The van der Waals surface area contributed by atoms with Crippen LogP contribution in [0.4, 0.5) is 28.4 Å². The van der Waals surface area contributed by atoms with Crippen LogP contribution in [0.25, 0.3) is 22.4 Å². The number of urea groups is 1. The first-order valence-corrected chi connectivity index (χ1v) is 21.5. The molecule has 3 aromatic rings. The summed E-state index contributed by atoms with van der Waals surface area (Å²) in [5.74, 6) is -0.108. The number of carboxylic acid groups (broad SMARTS) is 1. The fraction of sp³-hybridized carbons (Fsp3) is 0.568. The van der Waals surface area contributed by atoms with E-state index in [9.17, 15) is 37.5 Å². The molecule has 1 aromatic heterocycles. The van der Waals surface area contributed by atoms with Gasteiger partial charge >= 0.3 is 18.5 Å². The van der Waals surface area contributed by atoms with Crippen LogP contribution in [-0.2, 0) is 14.3 Å². The Labute approximate surface area is 359 Å². The number of piperazine rings is 1. The zero-order valence-corrected chi connectivity index (χ0v) is 35.7. The summed E-state index contributed by atoms with van der Waals surface area (Å²) < 4.78 is 51.1. The van der Waals surface area contributed by atoms with E-state index in [2.05, 4.69) is 25.3 Å². The first-order valence-electron chi connectivity index (χ1n) is 21.5. The number of piperidine rings is 1. The summed E-state index contributed by atoms with van der Waals surface area (Å²) >= 11 is 0. The number of aromatic amines is 1. The first-order chi connectivity index (χ1) is 29.4. The van der Waals surface area contributed by atoms with Crippen LogP contribution >= 0.6 is 0 Å². The SMILES string of the molecule is C[C@H]1C[C@@H](c2nc(-c3ccc(-c4ccc(NC(=O)N5CCC(N6CCN(C(=O)C(C)(C)C)CC6)CC5)cc4OC(F)(F)F)cc3)c[nH]2)N(C(=O)[C@@H](NC(=O)O)C2CCOCC2)C1. The van der Waals surface area contributed by atoms with Crippen LogP contribution < -0.4 is 15.4 Å². The maximum atomic E-state index is 13.9. The van der Waals surface area contributed by atoms with E-state index in [4.69, 9.17) is 9.72 Å². The fourth-order valence-corrected chi connectivity index (χ4v) is 9.22. The van der Waals surface area contributed by atoms with E-state index in [0.717, 1.165) is 25.9 Å². The van der Waals surface area contributed by atoms with E-state index in [1.807, 2.05) is 32.6 Å². The standard InChI is InChI=1S/C44H57F3N8O7/c1-27-23-35(55(26-27)39(56)37(51-42(59)60)30-13-21-61-22-14-30)38-48-25-34(50-38)29-7-5-28(6-8-29)33-10-9-31(24-36(33)62-44(45,46)47)49-41(58)54-15-11-32(12-16-54)52-17-19-53(20-18-52)40(57)43(2,3)4/h5-10,24-25,27,30,32,35,37,51H,11-23,26H2,1-4H3,(H,48,50)(H,49,58)(H,59,60)/t27-,35-,37-/m0/s1. The molecule has 4 fully saturated rings. The van der Waals surface area contributed by atoms with Crippen molar-refractivity contribution in [2.75, 3.05) is 64.3 Å². The van der Waals surface area contributed by atoms with Crippen molar-refractivity contribution in [3.05, 3.63) is 54.5 Å². The number of benzene rings is 2. The highest BCUT2D eigenvalue weighted by Gasteiger charge is 2.42. The Bertz CT molecular complexity index is 2070. The number of imidazole rings is 1. The third kappa shape index (κ3) is 10.6. The van der Waals surface area contributed by atoms with Gasteiger partial charge in [0.15, 0.2) is 0 Å². The second kappa shape index (κ2) is 18.5. The smallest absolute Gasteiger partial charge is 0.465 e. The Balaban J connectivity index is 0.989. The number of nitrogens with one attached hydrogen (secondary N) is 3. The van der Waals surface area contributed by atoms with Gasteiger partial charge < -0.3 is 44.9 Å². The maximum absolute atomic E-state index is 13.9. The summed E-state index contributed by atoms with van der Waals surface area (Å²) in [6.45, 7) is 13.0. The van der Waals surface area contributed by atoms with E-state index in [0.29, 0.717) is 87.8 Å². The highest BCUT2D eigenvalue weighted by atomic mass is 19.4. The summed E-state index contributed by atoms with van der Waals surface area (Å²) in [4.78, 5) is 67.3. The number of amides is 5. The van der Waals surface area contributed by atoms with Crippen molar-refractivity contribution in [3.8, 4) is 28.1 Å². The molecule has 5 heterocycles. The van der Waals surface area contributed by atoms with Crippen LogP contribution in [0.5, 0.6) is 5.75 Å². The zero-order chi connectivity index (χ0) is 44.3. The van der Waals surface area contributed by atoms with E-state index in [1.54, 1.807) is 46.3 Å². The molecule has 0 spiro atoms. The van der Waals surface area contributed by atoms with Gasteiger partial charge in [-0.05, 0) is 61.6 Å². The normalized spacial score (nSPS) is 21.4. The average Bonchev–Trinajstić information content (AvgIpc) is 3.89. The van der Waals surface area contributed by atoms with Crippen LogP contribution in [-0.4, -0.2) is 136 Å². The molecule has 4 aliphatic heterocycles. The number of halogens is 3. The highest BCUT2D eigenvalue weighted by Crippen LogP contribution is 2.39. The average molecular weight is 867 g/mol. The predicted molar refractivity (Wildman–Crippen MR) is 224 cm³/mol. The number of nitrogens with zero attached hydrogens (tertiary/aromatic N) is 5. The van der Waals surface area contributed by atoms with E-state index >= 15 is 0 Å². The van der Waals surface area contributed by atoms with Crippen LogP contribution in [0.2, 0.25) is 0 Å². The summed E-state index contributed by atoms with van der Waals surface area (Å²) in [6, 6.07) is 9.55. The van der Waals surface area contributed by atoms with Crippen molar-refractivity contribution in [1.29, 1.82) is 0 Å². The van der Waals surface area contributed by atoms with Crippen molar-refractivity contribution in [1.82, 2.24) is 34.9 Å². The molecule has 4 saturated heterocycles. The van der Waals surface area contributed by atoms with Gasteiger partial charge in [0.1, 0.15) is 17.6 Å². The van der Waals surface area contributed by atoms with Gasteiger partial charge in [-0.1, -0.05) is 52.0 Å². The summed E-state index contributed by atoms with van der Waals surface area (Å²) in [7, 11) is 0. The molecule has 336 valence electrons. The molecular weight excluding hydrogens is 810 g/mol. The molecular formula is C44H57F3N8O7. The largest absolute Gasteiger partial charge is 0.573 e. The van der Waals surface area contributed by atoms with Crippen molar-refractivity contribution < 1.29 is 46.9 Å². The lowest BCUT2D eigenvalue weighted by molar-refractivity contribution is -0.274. The Morgan fingerprint density at radius 1 is 0.903 bits per heavy atom. The fourth-order valence-electron chi connectivity index (χ4n) is 9.22. The lowest BCUT2D eigenvalue weighted by Crippen LogP contribution is -2.56. The van der Waals surface area contributed by atoms with Crippen LogP contribution in [0.15, 0.2) is 48.7 Å². The molecule has 15 nitrogen and oxygen atoms in total. The number of carbonyl (C=O) groups is 4. The Morgan fingerprint density at radius 2 is 1.56 bits per heavy atom. The topological polar surface area (TPSA) is 173 Å². The molecule has 0 aliphatic carbocycles. The molecule has 18 heteroatoms. The molecule has 4 aliphatic rings. The Kier molecular flexibility index (Phi) is 13.4. The number of hydrogen-bond acceptors (Lipinski definition) is 8. The Morgan fingerprint density at radius 3 is 2.19 bits per heavy atom. The van der Waals surface area contributed by atoms with Crippen LogP contribution in [0.3, 0.4) is 0 Å². The van der Waals surface area contributed by atoms with Gasteiger partial charge in [0, 0.05) is 99.6 Å². The number of rotatable bonds is 9. The van der Waals surface area contributed by atoms with Gasteiger partial charge in [0.25, 0.3) is 0 Å². The molecule has 62 heavy (non-hydrogen) atoms. The minimum absolute atomic E-state index is 0.146. The van der Waals surface area contributed by atoms with E-state index < -0.39 is 41.7 Å². The zero-order valence-electron chi connectivity index (χ0n) is 35.7. The molecule has 0 radical (unpaired) electrons.